The fraction of sp³-hybridized carbons (Fsp3) is 0.682. The number of piperidine rings is 2. The zero-order chi connectivity index (χ0) is 19.2. The second-order valence-electron chi connectivity index (χ2n) is 8.34. The van der Waals surface area contributed by atoms with Crippen molar-refractivity contribution < 1.29 is 9.90 Å². The van der Waals surface area contributed by atoms with Gasteiger partial charge in [-0.15, -0.1) is 0 Å². The smallest absolute Gasteiger partial charge is 0.223 e. The lowest BCUT2D eigenvalue weighted by molar-refractivity contribution is -0.127. The third-order valence-corrected chi connectivity index (χ3v) is 6.20. The van der Waals surface area contributed by atoms with Crippen molar-refractivity contribution in [3.05, 3.63) is 35.4 Å². The fourth-order valence-corrected chi connectivity index (χ4v) is 4.39. The first-order valence-corrected chi connectivity index (χ1v) is 10.5. The molecule has 1 aromatic rings. The number of benzene rings is 1. The fourth-order valence-electron chi connectivity index (χ4n) is 4.39. The van der Waals surface area contributed by atoms with Gasteiger partial charge in [-0.25, -0.2) is 0 Å². The first kappa shape index (κ1) is 20.3. The zero-order valence-electron chi connectivity index (χ0n) is 16.9. The van der Waals surface area contributed by atoms with Crippen molar-refractivity contribution in [1.82, 2.24) is 15.1 Å². The predicted octanol–water partition coefficient (Wildman–Crippen LogP) is 2.17. The number of amides is 1. The summed E-state index contributed by atoms with van der Waals surface area (Å²) in [5.41, 5.74) is 2.83. The molecule has 1 aromatic carbocycles. The van der Waals surface area contributed by atoms with Gasteiger partial charge in [0.05, 0.1) is 6.10 Å². The Morgan fingerprint density at radius 2 is 1.81 bits per heavy atom. The van der Waals surface area contributed by atoms with E-state index >= 15 is 0 Å². The molecule has 2 aliphatic rings. The summed E-state index contributed by atoms with van der Waals surface area (Å²) in [7, 11) is 0. The standard InChI is InChI=1S/C22H35N3O2/c1-17-5-3-4-6-20(17)16-24-11-9-21(10-12-24)25-13-7-19(8-14-25)22(27)23-15-18(2)26/h3-6,18-19,21,26H,7-16H2,1-2H3,(H,23,27). The number of aliphatic hydroxyl groups excluding tert-OH is 1. The van der Waals surface area contributed by atoms with Crippen LogP contribution in [-0.2, 0) is 11.3 Å². The van der Waals surface area contributed by atoms with Gasteiger partial charge < -0.3 is 15.3 Å². The molecule has 150 valence electrons. The maximum Gasteiger partial charge on any atom is 0.223 e. The average Bonchev–Trinajstić information content (AvgIpc) is 2.68. The Morgan fingerprint density at radius 1 is 1.15 bits per heavy atom. The van der Waals surface area contributed by atoms with Crippen LogP contribution >= 0.6 is 0 Å². The molecule has 1 unspecified atom stereocenters. The highest BCUT2D eigenvalue weighted by molar-refractivity contribution is 5.78. The molecule has 0 bridgehead atoms. The minimum absolute atomic E-state index is 0.112. The van der Waals surface area contributed by atoms with E-state index in [0.717, 1.165) is 45.6 Å². The SMILES string of the molecule is Cc1ccccc1CN1CCC(N2CCC(C(=O)NCC(C)O)CC2)CC1. The third-order valence-electron chi connectivity index (χ3n) is 6.20. The average molecular weight is 374 g/mol. The number of aryl methyl sites for hydroxylation is 1. The molecule has 3 rings (SSSR count). The summed E-state index contributed by atoms with van der Waals surface area (Å²) in [4.78, 5) is 17.4. The molecule has 5 nitrogen and oxygen atoms in total. The summed E-state index contributed by atoms with van der Waals surface area (Å²) in [6.45, 7) is 9.69. The van der Waals surface area contributed by atoms with Gasteiger partial charge in [0.25, 0.3) is 0 Å². The molecule has 27 heavy (non-hydrogen) atoms. The summed E-state index contributed by atoms with van der Waals surface area (Å²) >= 11 is 0. The molecule has 5 heteroatoms. The Bertz CT molecular complexity index is 603. The number of rotatable bonds is 6. The van der Waals surface area contributed by atoms with Crippen LogP contribution in [0.5, 0.6) is 0 Å². The zero-order valence-corrected chi connectivity index (χ0v) is 16.9. The van der Waals surface area contributed by atoms with Crippen LogP contribution in [0.4, 0.5) is 0 Å². The Hall–Kier alpha value is -1.43. The predicted molar refractivity (Wildman–Crippen MR) is 108 cm³/mol. The molecule has 1 atom stereocenters. The molecule has 2 fully saturated rings. The van der Waals surface area contributed by atoms with E-state index in [1.807, 2.05) is 0 Å². The maximum absolute atomic E-state index is 12.2. The first-order chi connectivity index (χ1) is 13.0. The van der Waals surface area contributed by atoms with Crippen molar-refractivity contribution in [2.75, 3.05) is 32.7 Å². The van der Waals surface area contributed by atoms with Crippen molar-refractivity contribution in [3.63, 3.8) is 0 Å². The topological polar surface area (TPSA) is 55.8 Å². The number of carbonyl (C=O) groups is 1. The van der Waals surface area contributed by atoms with Gasteiger partial charge in [-0.1, -0.05) is 24.3 Å². The van der Waals surface area contributed by atoms with Gasteiger partial charge in [-0.2, -0.15) is 0 Å². The molecule has 0 spiro atoms. The highest BCUT2D eigenvalue weighted by Gasteiger charge is 2.30. The number of nitrogens with one attached hydrogen (secondary N) is 1. The van der Waals surface area contributed by atoms with Crippen LogP contribution in [0.3, 0.4) is 0 Å². The van der Waals surface area contributed by atoms with E-state index in [9.17, 15) is 9.90 Å². The van der Waals surface area contributed by atoms with Gasteiger partial charge in [-0.05, 0) is 76.8 Å². The summed E-state index contributed by atoms with van der Waals surface area (Å²) in [5, 5.41) is 12.2. The number of likely N-dealkylation sites (tertiary alicyclic amines) is 2. The monoisotopic (exact) mass is 373 g/mol. The minimum Gasteiger partial charge on any atom is -0.392 e. The Balaban J connectivity index is 1.39. The molecule has 0 aliphatic carbocycles. The molecule has 0 aromatic heterocycles. The largest absolute Gasteiger partial charge is 0.392 e. The van der Waals surface area contributed by atoms with Crippen LogP contribution in [0, 0.1) is 12.8 Å². The van der Waals surface area contributed by atoms with Gasteiger partial charge in [-0.3, -0.25) is 9.69 Å². The number of carbonyl (C=O) groups excluding carboxylic acids is 1. The lowest BCUT2D eigenvalue weighted by atomic mass is 9.92. The normalized spacial score (nSPS) is 21.9. The summed E-state index contributed by atoms with van der Waals surface area (Å²) in [5.74, 6) is 0.227. The number of hydrogen-bond acceptors (Lipinski definition) is 4. The summed E-state index contributed by atoms with van der Waals surface area (Å²) in [6.07, 6.45) is 3.86. The van der Waals surface area contributed by atoms with Crippen LogP contribution in [0.25, 0.3) is 0 Å². The second kappa shape index (κ2) is 9.67. The Labute approximate surface area is 163 Å². The van der Waals surface area contributed by atoms with E-state index in [4.69, 9.17) is 0 Å². The maximum atomic E-state index is 12.2. The van der Waals surface area contributed by atoms with Crippen molar-refractivity contribution >= 4 is 5.91 Å². The highest BCUT2D eigenvalue weighted by Crippen LogP contribution is 2.25. The van der Waals surface area contributed by atoms with Crippen molar-refractivity contribution in [1.29, 1.82) is 0 Å². The summed E-state index contributed by atoms with van der Waals surface area (Å²) in [6, 6.07) is 9.36. The van der Waals surface area contributed by atoms with Crippen molar-refractivity contribution in [2.45, 2.75) is 58.2 Å². The van der Waals surface area contributed by atoms with Crippen LogP contribution in [0.1, 0.15) is 43.7 Å². The van der Waals surface area contributed by atoms with E-state index in [0.29, 0.717) is 12.6 Å². The lowest BCUT2D eigenvalue weighted by Gasteiger charge is -2.41. The number of hydrogen-bond donors (Lipinski definition) is 2. The first-order valence-electron chi connectivity index (χ1n) is 10.5. The van der Waals surface area contributed by atoms with Crippen LogP contribution in [0.15, 0.2) is 24.3 Å². The number of nitrogens with zero attached hydrogens (tertiary/aromatic N) is 2. The van der Waals surface area contributed by atoms with Crippen LogP contribution < -0.4 is 5.32 Å². The van der Waals surface area contributed by atoms with E-state index in [1.165, 1.54) is 24.0 Å². The second-order valence-corrected chi connectivity index (χ2v) is 8.34. The van der Waals surface area contributed by atoms with E-state index in [2.05, 4.69) is 46.3 Å². The van der Waals surface area contributed by atoms with E-state index < -0.39 is 6.10 Å². The highest BCUT2D eigenvalue weighted by atomic mass is 16.3. The number of aliphatic hydroxyl groups is 1. The molecule has 1 amide bonds. The molecule has 2 heterocycles. The van der Waals surface area contributed by atoms with Crippen molar-refractivity contribution in [2.24, 2.45) is 5.92 Å². The van der Waals surface area contributed by atoms with Gasteiger partial charge >= 0.3 is 0 Å². The van der Waals surface area contributed by atoms with Gasteiger partial charge in [0.15, 0.2) is 0 Å². The Kier molecular flexibility index (Phi) is 7.27. The molecule has 2 aliphatic heterocycles. The van der Waals surface area contributed by atoms with Gasteiger partial charge in [0.2, 0.25) is 5.91 Å². The molecule has 2 saturated heterocycles. The third kappa shape index (κ3) is 5.77. The molecule has 0 radical (unpaired) electrons. The lowest BCUT2D eigenvalue weighted by Crippen LogP contribution is -2.49. The summed E-state index contributed by atoms with van der Waals surface area (Å²) < 4.78 is 0. The van der Waals surface area contributed by atoms with Gasteiger partial charge in [0, 0.05) is 25.0 Å². The quantitative estimate of drug-likeness (QED) is 0.802. The van der Waals surface area contributed by atoms with Crippen LogP contribution in [0.2, 0.25) is 0 Å². The van der Waals surface area contributed by atoms with Gasteiger partial charge in [0.1, 0.15) is 0 Å². The molecule has 2 N–H and O–H groups in total. The molecular formula is C22H35N3O2. The molecule has 0 saturated carbocycles. The van der Waals surface area contributed by atoms with Crippen molar-refractivity contribution in [3.8, 4) is 0 Å². The van der Waals surface area contributed by atoms with E-state index in [-0.39, 0.29) is 11.8 Å². The molecular weight excluding hydrogens is 338 g/mol. The Morgan fingerprint density at radius 3 is 2.44 bits per heavy atom. The van der Waals surface area contributed by atoms with E-state index in [1.54, 1.807) is 6.92 Å². The minimum atomic E-state index is -0.473. The van der Waals surface area contributed by atoms with Crippen LogP contribution in [-0.4, -0.2) is 65.7 Å².